The summed E-state index contributed by atoms with van der Waals surface area (Å²) in [5, 5.41) is 15.5. The van der Waals surface area contributed by atoms with Crippen LogP contribution in [0.1, 0.15) is 162 Å². The first-order valence-electron chi connectivity index (χ1n) is 42.4. The topological polar surface area (TPSA) is 77.3 Å². The Bertz CT molecular complexity index is 7340. The van der Waals surface area contributed by atoms with Crippen molar-refractivity contribution >= 4 is 64.6 Å². The average molecular weight is 1540 g/mol. The van der Waals surface area contributed by atoms with E-state index < -0.39 is 0 Å². The monoisotopic (exact) mass is 1540 g/mol. The van der Waals surface area contributed by atoms with Crippen molar-refractivity contribution in [1.29, 1.82) is 0 Å². The van der Waals surface area contributed by atoms with Gasteiger partial charge < -0.3 is 0 Å². The van der Waals surface area contributed by atoms with Crippen molar-refractivity contribution in [2.75, 3.05) is 0 Å². The highest BCUT2D eigenvalue weighted by atomic mass is 14.7. The summed E-state index contributed by atoms with van der Waals surface area (Å²) in [5.74, 6) is 0. The molecule has 0 aliphatic heterocycles. The average Bonchev–Trinajstić information content (AvgIpc) is 1.86. The van der Waals surface area contributed by atoms with E-state index in [1.54, 1.807) is 0 Å². The summed E-state index contributed by atoms with van der Waals surface area (Å²) < 4.78 is 0. The number of rotatable bonds is 0. The van der Waals surface area contributed by atoms with Crippen molar-refractivity contribution < 1.29 is 0 Å². The molecule has 582 valence electrons. The zero-order valence-electron chi connectivity index (χ0n) is 71.8. The Morgan fingerprint density at radius 2 is 0.538 bits per heavy atom. The Morgan fingerprint density at radius 1 is 0.202 bits per heavy atom. The standard InChI is InChI=1S/5C19H17N.C18H15N/c1-11-4-5-16-15(6-11)10-20-18-9-14-7-12(2)13(3)8-17(14)19(16)18;1-11-5-4-6-15-17(11)10-20-18-9-14-7-12(2)13(3)8-16(14)19(15)18;1-11-8-15-9-17-19(18(15)13(3)12(11)2)16-7-5-4-6-14(16)10-20-17;1-11-8-17-16(13(3)12(11)2)9-18-19(17)15-7-5-4-6-14(15)10-20-18;1-11-8-14-10-18-19(17(14)9-12(11)2)16-7-5-4-6-15(16)13(3)20-18;1-11-7-14-9-17-18(16(14)8-12(11)2)15-6-4-3-5-13(15)10-19-17/h4*4-8,10H,9H2,1-3H3;4-9H,10H2,1-3H3;3-8,10H,9H2,1-2H3. The number of hydrogen-bond donors (Lipinski definition) is 0. The van der Waals surface area contributed by atoms with Gasteiger partial charge in [-0.15, -0.1) is 0 Å². The molecule has 0 atom stereocenters. The summed E-state index contributed by atoms with van der Waals surface area (Å²) in [5.41, 5.74) is 55.5. The Balaban J connectivity index is 0.0000000946. The molecule has 0 bridgehead atoms. The van der Waals surface area contributed by atoms with E-state index in [0.29, 0.717) is 0 Å². The Kier molecular flexibility index (Phi) is 19.1. The lowest BCUT2D eigenvalue weighted by Gasteiger charge is -2.13. The van der Waals surface area contributed by atoms with Crippen LogP contribution in [0.25, 0.3) is 131 Å². The number of aryl methyl sites for hydroxylation is 13. The van der Waals surface area contributed by atoms with Crippen LogP contribution >= 0.6 is 0 Å². The van der Waals surface area contributed by atoms with Crippen molar-refractivity contribution in [1.82, 2.24) is 29.9 Å². The summed E-state index contributed by atoms with van der Waals surface area (Å²) in [7, 11) is 0. The molecule has 6 aliphatic carbocycles. The van der Waals surface area contributed by atoms with E-state index in [2.05, 4.69) is 317 Å². The maximum atomic E-state index is 4.86. The van der Waals surface area contributed by atoms with Gasteiger partial charge in [0.1, 0.15) is 0 Å². The second-order valence-corrected chi connectivity index (χ2v) is 34.7. The first-order valence-corrected chi connectivity index (χ1v) is 42.4. The third kappa shape index (κ3) is 13.2. The van der Waals surface area contributed by atoms with E-state index in [4.69, 9.17) is 24.9 Å². The Hall–Kier alpha value is -12.9. The van der Waals surface area contributed by atoms with Crippen molar-refractivity contribution in [3.05, 3.63) is 387 Å². The molecule has 24 rings (SSSR count). The number of aromatic nitrogens is 6. The fourth-order valence-electron chi connectivity index (χ4n) is 19.8. The van der Waals surface area contributed by atoms with E-state index in [-0.39, 0.29) is 0 Å². The molecule has 119 heavy (non-hydrogen) atoms. The maximum Gasteiger partial charge on any atom is 0.0535 e. The molecule has 0 N–H and O–H groups in total. The molecular formula is C113H100N6. The third-order valence-corrected chi connectivity index (χ3v) is 27.3. The molecule has 6 nitrogen and oxygen atoms in total. The lowest BCUT2D eigenvalue weighted by Crippen LogP contribution is -1.93. The lowest BCUT2D eigenvalue weighted by molar-refractivity contribution is 1.09. The number of hydrogen-bond acceptors (Lipinski definition) is 6. The van der Waals surface area contributed by atoms with Gasteiger partial charge in [0.2, 0.25) is 0 Å². The molecule has 12 aromatic carbocycles. The van der Waals surface area contributed by atoms with Crippen LogP contribution in [-0.4, -0.2) is 29.9 Å². The quantitative estimate of drug-likeness (QED) is 0.151. The van der Waals surface area contributed by atoms with E-state index in [9.17, 15) is 0 Å². The molecule has 6 heterocycles. The smallest absolute Gasteiger partial charge is 0.0535 e. The van der Waals surface area contributed by atoms with Crippen LogP contribution in [0.15, 0.2) is 225 Å². The van der Waals surface area contributed by atoms with Crippen molar-refractivity contribution in [3.63, 3.8) is 0 Å². The predicted molar refractivity (Wildman–Crippen MR) is 500 cm³/mol. The molecule has 6 aliphatic rings. The molecule has 6 aromatic heterocycles. The minimum absolute atomic E-state index is 0.968. The van der Waals surface area contributed by atoms with E-state index in [1.807, 2.05) is 31.0 Å². The van der Waals surface area contributed by atoms with Crippen LogP contribution in [0.2, 0.25) is 0 Å². The molecular weight excluding hydrogens is 1440 g/mol. The van der Waals surface area contributed by atoms with Gasteiger partial charge in [-0.25, -0.2) is 0 Å². The fraction of sp³-hybridized carbons (Fsp3) is 0.204. The van der Waals surface area contributed by atoms with Crippen molar-refractivity contribution in [3.8, 4) is 66.8 Å². The first kappa shape index (κ1) is 76.1. The van der Waals surface area contributed by atoms with Crippen LogP contribution in [0, 0.1) is 118 Å². The molecule has 6 heteroatoms. The van der Waals surface area contributed by atoms with Crippen LogP contribution in [-0.2, 0) is 38.5 Å². The highest BCUT2D eigenvalue weighted by Gasteiger charge is 2.31. The van der Waals surface area contributed by atoms with Gasteiger partial charge in [-0.3, -0.25) is 29.9 Å². The summed E-state index contributed by atoms with van der Waals surface area (Å²) in [6.07, 6.45) is 15.9. The van der Waals surface area contributed by atoms with Gasteiger partial charge in [-0.05, 0) is 306 Å². The van der Waals surface area contributed by atoms with Gasteiger partial charge in [0.25, 0.3) is 0 Å². The van der Waals surface area contributed by atoms with Gasteiger partial charge >= 0.3 is 0 Å². The molecule has 0 amide bonds. The van der Waals surface area contributed by atoms with Gasteiger partial charge in [0.05, 0.1) is 34.2 Å². The highest BCUT2D eigenvalue weighted by molar-refractivity contribution is 6.06. The molecule has 0 spiro atoms. The number of pyridine rings is 6. The molecule has 0 saturated carbocycles. The van der Waals surface area contributed by atoms with E-state index in [0.717, 1.165) is 44.2 Å². The minimum atomic E-state index is 0.968. The minimum Gasteiger partial charge on any atom is -0.260 e. The third-order valence-electron chi connectivity index (χ3n) is 27.3. The molecule has 0 saturated heterocycles. The molecule has 0 radical (unpaired) electrons. The largest absolute Gasteiger partial charge is 0.260 e. The normalized spacial score (nSPS) is 12.5. The number of nitrogens with zero attached hydrogens (tertiary/aromatic N) is 6. The van der Waals surface area contributed by atoms with Gasteiger partial charge in [0.15, 0.2) is 0 Å². The highest BCUT2D eigenvalue weighted by Crippen LogP contribution is 2.49. The molecule has 0 fully saturated rings. The number of benzene rings is 12. The van der Waals surface area contributed by atoms with Crippen LogP contribution in [0.4, 0.5) is 0 Å². The molecule has 0 unspecified atom stereocenters. The summed E-state index contributed by atoms with van der Waals surface area (Å²) in [6, 6.07) is 70.8. The van der Waals surface area contributed by atoms with Crippen LogP contribution < -0.4 is 0 Å². The zero-order chi connectivity index (χ0) is 82.2. The summed E-state index contributed by atoms with van der Waals surface area (Å²) in [4.78, 5) is 28.3. The summed E-state index contributed by atoms with van der Waals surface area (Å²) >= 11 is 0. The van der Waals surface area contributed by atoms with Gasteiger partial charge in [0, 0.05) is 141 Å². The second-order valence-electron chi connectivity index (χ2n) is 34.7. The zero-order valence-corrected chi connectivity index (χ0v) is 71.8. The first-order chi connectivity index (χ1) is 57.5. The van der Waals surface area contributed by atoms with Crippen LogP contribution in [0.3, 0.4) is 0 Å². The fourth-order valence-corrected chi connectivity index (χ4v) is 19.8. The van der Waals surface area contributed by atoms with Gasteiger partial charge in [-0.2, -0.15) is 0 Å². The SMILES string of the molecule is Cc1cc2c(c(C)c1C)-c1c(ncc3ccccc13)C2.Cc1cc2c(c(C)c1C)Cc1ncc3ccccc3c1-2.Cc1cc2c(cc1C)-c1c(nc(C)c3ccccc13)C2.Cc1cc2c(cc1C)-c1c(ncc3c(C)cccc13)C2.Cc1cc2c(cc1C)-c1c(ncc3ccccc13)C2.Cc1ccc2c3c(ncc2c1)Cc1cc(C)c(C)cc1-3. The maximum absolute atomic E-state index is 4.86. The molecule has 18 aromatic rings. The van der Waals surface area contributed by atoms with Crippen LogP contribution in [0.5, 0.6) is 0 Å². The second kappa shape index (κ2) is 29.9. The van der Waals surface area contributed by atoms with E-state index >= 15 is 0 Å². The lowest BCUT2D eigenvalue weighted by atomic mass is 9.92. The summed E-state index contributed by atoms with van der Waals surface area (Å²) in [6.45, 7) is 37.3. The van der Waals surface area contributed by atoms with Crippen molar-refractivity contribution in [2.45, 2.75) is 156 Å². The Labute approximate surface area is 700 Å². The van der Waals surface area contributed by atoms with E-state index in [1.165, 1.54) is 288 Å². The van der Waals surface area contributed by atoms with Gasteiger partial charge in [-0.1, -0.05) is 194 Å². The Morgan fingerprint density at radius 3 is 1.05 bits per heavy atom. The predicted octanol–water partition coefficient (Wildman–Crippen LogP) is 28.1. The van der Waals surface area contributed by atoms with Crippen molar-refractivity contribution in [2.24, 2.45) is 0 Å². The number of fused-ring (bicyclic) bond motifs is 30.